The molecular weight excluding hydrogens is 340 g/mol. The van der Waals surface area contributed by atoms with E-state index in [0.29, 0.717) is 23.6 Å². The van der Waals surface area contributed by atoms with E-state index < -0.39 is 0 Å². The van der Waals surface area contributed by atoms with Crippen molar-refractivity contribution in [3.63, 3.8) is 0 Å². The van der Waals surface area contributed by atoms with Crippen molar-refractivity contribution in [2.45, 2.75) is 12.3 Å². The zero-order chi connectivity index (χ0) is 14.1. The summed E-state index contributed by atoms with van der Waals surface area (Å²) in [5, 5.41) is 0.488. The van der Waals surface area contributed by atoms with E-state index >= 15 is 0 Å². The van der Waals surface area contributed by atoms with E-state index in [1.807, 2.05) is 30.3 Å². The lowest BCUT2D eigenvalue weighted by molar-refractivity contribution is 0.0933. The Kier molecular flexibility index (Phi) is 3.81. The summed E-state index contributed by atoms with van der Waals surface area (Å²) < 4.78 is 6.45. The largest absolute Gasteiger partial charge is 0.493 e. The first-order chi connectivity index (χ1) is 9.66. The van der Waals surface area contributed by atoms with Crippen LogP contribution in [0.25, 0.3) is 0 Å². The Hall–Kier alpha value is -1.32. The SMILES string of the molecule is O=C(c1cc(Br)ccc1Cl)C1CCOc2ccccc21. The molecule has 3 rings (SSSR count). The van der Waals surface area contributed by atoms with Crippen LogP contribution in [0, 0.1) is 0 Å². The van der Waals surface area contributed by atoms with Gasteiger partial charge in [0.1, 0.15) is 5.75 Å². The first-order valence-corrected chi connectivity index (χ1v) is 7.55. The van der Waals surface area contributed by atoms with Gasteiger partial charge in [0.05, 0.1) is 17.5 Å². The molecule has 0 aliphatic carbocycles. The third-order valence-corrected chi connectivity index (χ3v) is 4.29. The van der Waals surface area contributed by atoms with Gasteiger partial charge in [-0.15, -0.1) is 0 Å². The summed E-state index contributed by atoms with van der Waals surface area (Å²) in [5.41, 5.74) is 1.50. The van der Waals surface area contributed by atoms with Crippen molar-refractivity contribution >= 4 is 33.3 Å². The van der Waals surface area contributed by atoms with Crippen LogP contribution in [0.3, 0.4) is 0 Å². The van der Waals surface area contributed by atoms with E-state index in [4.69, 9.17) is 16.3 Å². The summed E-state index contributed by atoms with van der Waals surface area (Å²) >= 11 is 9.55. The molecule has 2 aromatic rings. The van der Waals surface area contributed by atoms with E-state index in [0.717, 1.165) is 15.8 Å². The normalized spacial score (nSPS) is 17.2. The highest BCUT2D eigenvalue weighted by Gasteiger charge is 2.29. The molecule has 0 fully saturated rings. The van der Waals surface area contributed by atoms with Crippen LogP contribution >= 0.6 is 27.5 Å². The van der Waals surface area contributed by atoms with E-state index in [9.17, 15) is 4.79 Å². The van der Waals surface area contributed by atoms with Crippen LogP contribution in [0.1, 0.15) is 28.3 Å². The number of carbonyl (C=O) groups is 1. The van der Waals surface area contributed by atoms with Gasteiger partial charge in [-0.2, -0.15) is 0 Å². The Morgan fingerprint density at radius 2 is 2.05 bits per heavy atom. The van der Waals surface area contributed by atoms with Gasteiger partial charge in [-0.05, 0) is 30.7 Å². The van der Waals surface area contributed by atoms with Gasteiger partial charge in [0, 0.05) is 15.6 Å². The maximum atomic E-state index is 12.8. The number of para-hydroxylation sites is 1. The Labute approximate surface area is 130 Å². The number of ketones is 1. The number of halogens is 2. The van der Waals surface area contributed by atoms with E-state index in [-0.39, 0.29) is 11.7 Å². The first kappa shape index (κ1) is 13.7. The number of ether oxygens (including phenoxy) is 1. The lowest BCUT2D eigenvalue weighted by Crippen LogP contribution is -2.21. The standard InChI is InChI=1S/C16H12BrClO2/c17-10-5-6-14(18)13(9-10)16(19)12-7-8-20-15-4-2-1-3-11(12)15/h1-6,9,12H,7-8H2. The van der Waals surface area contributed by atoms with Crippen LogP contribution in [0.15, 0.2) is 46.9 Å². The predicted octanol–water partition coefficient (Wildman–Crippen LogP) is 4.85. The van der Waals surface area contributed by atoms with Crippen molar-refractivity contribution in [2.24, 2.45) is 0 Å². The molecule has 2 aromatic carbocycles. The molecule has 0 amide bonds. The second-order valence-corrected chi connectivity index (χ2v) is 6.04. The highest BCUT2D eigenvalue weighted by atomic mass is 79.9. The Morgan fingerprint density at radius 3 is 2.90 bits per heavy atom. The number of carbonyl (C=O) groups excluding carboxylic acids is 1. The molecule has 20 heavy (non-hydrogen) atoms. The van der Waals surface area contributed by atoms with Crippen LogP contribution in [0.4, 0.5) is 0 Å². The first-order valence-electron chi connectivity index (χ1n) is 6.38. The molecule has 2 nitrogen and oxygen atoms in total. The fourth-order valence-electron chi connectivity index (χ4n) is 2.49. The van der Waals surface area contributed by atoms with Crippen LogP contribution < -0.4 is 4.74 Å². The quantitative estimate of drug-likeness (QED) is 0.723. The summed E-state index contributed by atoms with van der Waals surface area (Å²) in [6, 6.07) is 13.0. The van der Waals surface area contributed by atoms with Gasteiger partial charge in [-0.25, -0.2) is 0 Å². The van der Waals surface area contributed by atoms with Crippen LogP contribution in [0.5, 0.6) is 5.75 Å². The lowest BCUT2D eigenvalue weighted by Gasteiger charge is -2.25. The fourth-order valence-corrected chi connectivity index (χ4v) is 3.06. The van der Waals surface area contributed by atoms with Crippen molar-refractivity contribution in [3.05, 3.63) is 63.1 Å². The second kappa shape index (κ2) is 5.58. The molecule has 1 unspecified atom stereocenters. The van der Waals surface area contributed by atoms with Gasteiger partial charge in [-0.3, -0.25) is 4.79 Å². The van der Waals surface area contributed by atoms with Gasteiger partial charge < -0.3 is 4.74 Å². The smallest absolute Gasteiger partial charge is 0.172 e. The third kappa shape index (κ3) is 2.48. The van der Waals surface area contributed by atoms with Crippen LogP contribution in [0.2, 0.25) is 5.02 Å². The number of hydrogen-bond donors (Lipinski definition) is 0. The predicted molar refractivity (Wildman–Crippen MR) is 82.8 cm³/mol. The zero-order valence-electron chi connectivity index (χ0n) is 10.6. The van der Waals surface area contributed by atoms with E-state index in [1.165, 1.54) is 0 Å². The molecule has 0 saturated carbocycles. The number of Topliss-reactive ketones (excluding diaryl/α,β-unsaturated/α-hetero) is 1. The number of hydrogen-bond acceptors (Lipinski definition) is 2. The topological polar surface area (TPSA) is 26.3 Å². The highest BCUT2D eigenvalue weighted by Crippen LogP contribution is 2.37. The highest BCUT2D eigenvalue weighted by molar-refractivity contribution is 9.10. The summed E-state index contributed by atoms with van der Waals surface area (Å²) in [5.74, 6) is 0.655. The van der Waals surface area contributed by atoms with Crippen molar-refractivity contribution in [1.82, 2.24) is 0 Å². The zero-order valence-corrected chi connectivity index (χ0v) is 12.9. The summed E-state index contributed by atoms with van der Waals surface area (Å²) in [4.78, 5) is 12.8. The van der Waals surface area contributed by atoms with Gasteiger partial charge >= 0.3 is 0 Å². The number of rotatable bonds is 2. The second-order valence-electron chi connectivity index (χ2n) is 4.72. The molecule has 0 bridgehead atoms. The van der Waals surface area contributed by atoms with E-state index in [1.54, 1.807) is 12.1 Å². The third-order valence-electron chi connectivity index (χ3n) is 3.47. The molecule has 1 heterocycles. The Balaban J connectivity index is 2.02. The molecule has 1 aliphatic heterocycles. The van der Waals surface area contributed by atoms with Crippen LogP contribution in [-0.2, 0) is 0 Å². The van der Waals surface area contributed by atoms with Gasteiger partial charge in [0.15, 0.2) is 5.78 Å². The van der Waals surface area contributed by atoms with Gasteiger partial charge in [0.25, 0.3) is 0 Å². The number of fused-ring (bicyclic) bond motifs is 1. The Morgan fingerprint density at radius 1 is 1.25 bits per heavy atom. The Bertz CT molecular complexity index is 669. The summed E-state index contributed by atoms with van der Waals surface area (Å²) in [6.45, 7) is 0.555. The maximum Gasteiger partial charge on any atom is 0.172 e. The van der Waals surface area contributed by atoms with Gasteiger partial charge in [-0.1, -0.05) is 45.7 Å². The average Bonchev–Trinajstić information content (AvgIpc) is 2.48. The minimum absolute atomic E-state index is 0.0482. The van der Waals surface area contributed by atoms with Crippen molar-refractivity contribution in [1.29, 1.82) is 0 Å². The van der Waals surface area contributed by atoms with Crippen molar-refractivity contribution in [2.75, 3.05) is 6.61 Å². The number of benzene rings is 2. The molecule has 102 valence electrons. The van der Waals surface area contributed by atoms with E-state index in [2.05, 4.69) is 15.9 Å². The molecule has 0 radical (unpaired) electrons. The summed E-state index contributed by atoms with van der Waals surface area (Å²) in [7, 11) is 0. The summed E-state index contributed by atoms with van der Waals surface area (Å²) in [6.07, 6.45) is 0.679. The fraction of sp³-hybridized carbons (Fsp3) is 0.188. The molecule has 0 aromatic heterocycles. The van der Waals surface area contributed by atoms with Crippen molar-refractivity contribution in [3.8, 4) is 5.75 Å². The maximum absolute atomic E-state index is 12.8. The minimum atomic E-state index is -0.188. The monoisotopic (exact) mass is 350 g/mol. The van der Waals surface area contributed by atoms with Crippen LogP contribution in [-0.4, -0.2) is 12.4 Å². The lowest BCUT2D eigenvalue weighted by atomic mass is 9.86. The van der Waals surface area contributed by atoms with Crippen molar-refractivity contribution < 1.29 is 9.53 Å². The van der Waals surface area contributed by atoms with Gasteiger partial charge in [0.2, 0.25) is 0 Å². The molecule has 1 atom stereocenters. The molecule has 0 saturated heterocycles. The minimum Gasteiger partial charge on any atom is -0.493 e. The molecule has 1 aliphatic rings. The molecule has 0 spiro atoms. The molecular formula is C16H12BrClO2. The molecule has 4 heteroatoms. The average molecular weight is 352 g/mol. The molecule has 0 N–H and O–H groups in total.